The summed E-state index contributed by atoms with van der Waals surface area (Å²) in [4.78, 5) is 32.7. The van der Waals surface area contributed by atoms with Crippen molar-refractivity contribution in [2.45, 2.75) is 19.9 Å². The molecule has 2 heterocycles. The molecule has 0 spiro atoms. The van der Waals surface area contributed by atoms with Crippen LogP contribution in [0.1, 0.15) is 27.7 Å². The number of aromatic nitrogens is 1. The minimum atomic E-state index is -0.863. The average molecular weight is 487 g/mol. The Hall–Kier alpha value is -2.84. The summed E-state index contributed by atoms with van der Waals surface area (Å²) in [6.07, 6.45) is 0. The number of rotatable bonds is 3. The van der Waals surface area contributed by atoms with Gasteiger partial charge in [0.2, 0.25) is 0 Å². The van der Waals surface area contributed by atoms with Crippen LogP contribution in [0.25, 0.3) is 5.76 Å². The molecular formula is C22H16BrFN2O3S. The Morgan fingerprint density at radius 3 is 2.47 bits per heavy atom. The Kier molecular flexibility index (Phi) is 5.29. The highest BCUT2D eigenvalue weighted by molar-refractivity contribution is 9.10. The maximum absolute atomic E-state index is 13.3. The molecule has 30 heavy (non-hydrogen) atoms. The fourth-order valence-corrected chi connectivity index (χ4v) is 4.70. The SMILES string of the molecule is Cc1nc(N2C(=O)C(=O)C(=C(O)c3ccc(F)cc3)[C@@H]2c2cccc(Br)c2)sc1C. The molecule has 0 unspecified atom stereocenters. The normalized spacial score (nSPS) is 18.3. The summed E-state index contributed by atoms with van der Waals surface area (Å²) in [6.45, 7) is 3.72. The van der Waals surface area contributed by atoms with Crippen LogP contribution < -0.4 is 4.90 Å². The third kappa shape index (κ3) is 3.46. The van der Waals surface area contributed by atoms with E-state index in [1.165, 1.54) is 40.5 Å². The van der Waals surface area contributed by atoms with E-state index < -0.39 is 23.5 Å². The zero-order valence-electron chi connectivity index (χ0n) is 16.0. The zero-order chi connectivity index (χ0) is 21.6. The highest BCUT2D eigenvalue weighted by Gasteiger charge is 2.48. The van der Waals surface area contributed by atoms with Crippen molar-refractivity contribution < 1.29 is 19.1 Å². The molecular weight excluding hydrogens is 471 g/mol. The van der Waals surface area contributed by atoms with E-state index in [1.54, 1.807) is 18.2 Å². The number of amides is 1. The predicted molar refractivity (Wildman–Crippen MR) is 117 cm³/mol. The lowest BCUT2D eigenvalue weighted by Gasteiger charge is -2.23. The van der Waals surface area contributed by atoms with Gasteiger partial charge in [-0.3, -0.25) is 14.5 Å². The second kappa shape index (κ2) is 7.77. The number of carbonyl (C=O) groups is 2. The number of aliphatic hydroxyl groups is 1. The second-order valence-electron chi connectivity index (χ2n) is 6.87. The molecule has 1 fully saturated rings. The first-order valence-electron chi connectivity index (χ1n) is 9.04. The third-order valence-corrected chi connectivity index (χ3v) is 6.52. The standard InChI is InChI=1S/C22H16BrFN2O3S/c1-11-12(2)30-22(25-11)26-18(14-4-3-5-15(23)10-14)17(20(28)21(26)29)19(27)13-6-8-16(24)9-7-13/h3-10,18,27H,1-2H3/t18-/m0/s1. The Morgan fingerprint density at radius 1 is 1.17 bits per heavy atom. The molecule has 5 nitrogen and oxygen atoms in total. The Balaban J connectivity index is 1.96. The molecule has 1 N–H and O–H groups in total. The average Bonchev–Trinajstić information content (AvgIpc) is 3.18. The lowest BCUT2D eigenvalue weighted by Crippen LogP contribution is -2.29. The van der Waals surface area contributed by atoms with Gasteiger partial charge in [0, 0.05) is 14.9 Å². The van der Waals surface area contributed by atoms with Crippen LogP contribution in [0.5, 0.6) is 0 Å². The molecule has 0 radical (unpaired) electrons. The van der Waals surface area contributed by atoms with E-state index in [9.17, 15) is 19.1 Å². The first-order chi connectivity index (χ1) is 14.3. The van der Waals surface area contributed by atoms with Crippen molar-refractivity contribution in [1.82, 2.24) is 4.98 Å². The van der Waals surface area contributed by atoms with E-state index in [2.05, 4.69) is 20.9 Å². The molecule has 152 valence electrons. The number of thiazole rings is 1. The summed E-state index contributed by atoms with van der Waals surface area (Å²) in [5.74, 6) is -2.40. The number of Topliss-reactive ketones (excluding diaryl/α,β-unsaturated/α-hetero) is 1. The minimum absolute atomic E-state index is 0.0600. The highest BCUT2D eigenvalue weighted by atomic mass is 79.9. The molecule has 8 heteroatoms. The van der Waals surface area contributed by atoms with Crippen LogP contribution in [0.4, 0.5) is 9.52 Å². The summed E-state index contributed by atoms with van der Waals surface area (Å²) < 4.78 is 14.1. The van der Waals surface area contributed by atoms with Crippen molar-refractivity contribution in [3.8, 4) is 0 Å². The van der Waals surface area contributed by atoms with E-state index >= 15 is 0 Å². The van der Waals surface area contributed by atoms with Crippen molar-refractivity contribution in [2.75, 3.05) is 4.90 Å². The van der Waals surface area contributed by atoms with E-state index in [-0.39, 0.29) is 16.9 Å². The van der Waals surface area contributed by atoms with E-state index in [4.69, 9.17) is 0 Å². The summed E-state index contributed by atoms with van der Waals surface area (Å²) in [6, 6.07) is 11.4. The number of aryl methyl sites for hydroxylation is 2. The number of benzene rings is 2. The molecule has 1 saturated heterocycles. The fraction of sp³-hybridized carbons (Fsp3) is 0.136. The van der Waals surface area contributed by atoms with Crippen LogP contribution in [0.15, 0.2) is 58.6 Å². The number of aliphatic hydroxyl groups excluding tert-OH is 1. The van der Waals surface area contributed by atoms with Gasteiger partial charge >= 0.3 is 5.91 Å². The van der Waals surface area contributed by atoms with Crippen LogP contribution in [-0.4, -0.2) is 21.8 Å². The van der Waals surface area contributed by atoms with E-state index in [0.717, 1.165) is 15.0 Å². The molecule has 3 aromatic rings. The molecule has 0 bridgehead atoms. The first-order valence-corrected chi connectivity index (χ1v) is 10.7. The number of nitrogens with zero attached hydrogens (tertiary/aromatic N) is 2. The van der Waals surface area contributed by atoms with Crippen molar-refractivity contribution >= 4 is 49.8 Å². The Morgan fingerprint density at radius 2 is 1.87 bits per heavy atom. The lowest BCUT2D eigenvalue weighted by molar-refractivity contribution is -0.132. The van der Waals surface area contributed by atoms with Gasteiger partial charge in [0.15, 0.2) is 5.13 Å². The summed E-state index contributed by atoms with van der Waals surface area (Å²) in [5, 5.41) is 11.3. The highest BCUT2D eigenvalue weighted by Crippen LogP contribution is 2.44. The van der Waals surface area contributed by atoms with Gasteiger partial charge in [-0.2, -0.15) is 0 Å². The number of carbonyl (C=O) groups excluding carboxylic acids is 2. The van der Waals surface area contributed by atoms with Gasteiger partial charge < -0.3 is 5.11 Å². The number of hydrogen-bond acceptors (Lipinski definition) is 5. The molecule has 2 aromatic carbocycles. The molecule has 1 aliphatic rings. The van der Waals surface area contributed by atoms with Gasteiger partial charge in [-0.15, -0.1) is 11.3 Å². The third-order valence-electron chi connectivity index (χ3n) is 4.95. The van der Waals surface area contributed by atoms with E-state index in [0.29, 0.717) is 10.7 Å². The van der Waals surface area contributed by atoms with Crippen molar-refractivity contribution in [1.29, 1.82) is 0 Å². The van der Waals surface area contributed by atoms with Gasteiger partial charge in [0.05, 0.1) is 17.3 Å². The second-order valence-corrected chi connectivity index (χ2v) is 8.97. The van der Waals surface area contributed by atoms with Crippen molar-refractivity contribution in [3.05, 3.63) is 86.1 Å². The topological polar surface area (TPSA) is 70.5 Å². The number of hydrogen-bond donors (Lipinski definition) is 1. The number of halogens is 2. The number of anilines is 1. The van der Waals surface area contributed by atoms with Gasteiger partial charge in [-0.1, -0.05) is 28.1 Å². The summed E-state index contributed by atoms with van der Waals surface area (Å²) in [5.41, 5.74) is 1.59. The fourth-order valence-electron chi connectivity index (χ4n) is 3.34. The maximum atomic E-state index is 13.3. The van der Waals surface area contributed by atoms with E-state index in [1.807, 2.05) is 19.9 Å². The molecule has 1 aliphatic heterocycles. The van der Waals surface area contributed by atoms with Crippen molar-refractivity contribution in [2.24, 2.45) is 0 Å². The Labute approximate surface area is 184 Å². The van der Waals surface area contributed by atoms with Crippen LogP contribution in [-0.2, 0) is 9.59 Å². The molecule has 4 rings (SSSR count). The first kappa shape index (κ1) is 20.4. The van der Waals surface area contributed by atoms with Gasteiger partial charge in [0.25, 0.3) is 5.78 Å². The minimum Gasteiger partial charge on any atom is -0.507 e. The molecule has 0 saturated carbocycles. The van der Waals surface area contributed by atoms with Gasteiger partial charge in [-0.25, -0.2) is 9.37 Å². The van der Waals surface area contributed by atoms with Gasteiger partial charge in [0.1, 0.15) is 11.6 Å². The quantitative estimate of drug-likeness (QED) is 0.310. The summed E-state index contributed by atoms with van der Waals surface area (Å²) >= 11 is 4.73. The Bertz CT molecular complexity index is 1180. The predicted octanol–water partition coefficient (Wildman–Crippen LogP) is 5.29. The molecule has 1 atom stereocenters. The van der Waals surface area contributed by atoms with Crippen LogP contribution >= 0.6 is 27.3 Å². The van der Waals surface area contributed by atoms with Gasteiger partial charge in [-0.05, 0) is 55.8 Å². The summed E-state index contributed by atoms with van der Waals surface area (Å²) in [7, 11) is 0. The maximum Gasteiger partial charge on any atom is 0.301 e. The largest absolute Gasteiger partial charge is 0.507 e. The zero-order valence-corrected chi connectivity index (χ0v) is 18.4. The van der Waals surface area contributed by atoms with Crippen LogP contribution in [0.3, 0.4) is 0 Å². The van der Waals surface area contributed by atoms with Crippen molar-refractivity contribution in [3.63, 3.8) is 0 Å². The van der Waals surface area contributed by atoms with Crippen LogP contribution in [0.2, 0.25) is 0 Å². The molecule has 1 aromatic heterocycles. The lowest BCUT2D eigenvalue weighted by atomic mass is 9.95. The number of ketones is 1. The molecule has 0 aliphatic carbocycles. The smallest absolute Gasteiger partial charge is 0.301 e. The monoisotopic (exact) mass is 486 g/mol. The molecule has 1 amide bonds. The van der Waals surface area contributed by atoms with Crippen LogP contribution in [0, 0.1) is 19.7 Å².